The standard InChI is InChI=1S/C8H18N2/c1-3-10-6-4-5-9-7-8(10)2/h8-9H,3-7H2,1-2H3. The molecule has 1 aliphatic rings. The fraction of sp³-hybridized carbons (Fsp3) is 1.00. The van der Waals surface area contributed by atoms with Crippen molar-refractivity contribution in [3.63, 3.8) is 0 Å². The Morgan fingerprint density at radius 3 is 3.10 bits per heavy atom. The van der Waals surface area contributed by atoms with E-state index < -0.39 is 0 Å². The zero-order chi connectivity index (χ0) is 7.40. The molecule has 1 rings (SSSR count). The molecule has 1 fully saturated rings. The van der Waals surface area contributed by atoms with E-state index in [0.29, 0.717) is 0 Å². The van der Waals surface area contributed by atoms with Crippen LogP contribution in [0.5, 0.6) is 0 Å². The van der Waals surface area contributed by atoms with Crippen molar-refractivity contribution in [2.75, 3.05) is 26.2 Å². The molecular weight excluding hydrogens is 124 g/mol. The molecule has 2 heteroatoms. The Hall–Kier alpha value is -0.0800. The SMILES string of the molecule is CCN1CCCNCC1C. The van der Waals surface area contributed by atoms with Crippen LogP contribution in [0.2, 0.25) is 0 Å². The van der Waals surface area contributed by atoms with E-state index in [1.165, 1.54) is 26.1 Å². The second-order valence-electron chi connectivity index (χ2n) is 3.04. The molecule has 0 amide bonds. The lowest BCUT2D eigenvalue weighted by atomic mass is 10.3. The van der Waals surface area contributed by atoms with E-state index >= 15 is 0 Å². The first-order valence-electron chi connectivity index (χ1n) is 4.29. The third kappa shape index (κ3) is 1.96. The average Bonchev–Trinajstić information content (AvgIpc) is 2.13. The molecule has 0 saturated carbocycles. The third-order valence-electron chi connectivity index (χ3n) is 2.27. The van der Waals surface area contributed by atoms with E-state index in [1.807, 2.05) is 0 Å². The van der Waals surface area contributed by atoms with Crippen LogP contribution in [-0.4, -0.2) is 37.1 Å². The Morgan fingerprint density at radius 2 is 2.40 bits per heavy atom. The molecule has 1 unspecified atom stereocenters. The summed E-state index contributed by atoms with van der Waals surface area (Å²) in [6.07, 6.45) is 1.30. The van der Waals surface area contributed by atoms with Crippen molar-refractivity contribution in [1.29, 1.82) is 0 Å². The van der Waals surface area contributed by atoms with E-state index in [0.717, 1.165) is 12.6 Å². The highest BCUT2D eigenvalue weighted by molar-refractivity contribution is 4.72. The number of hydrogen-bond donors (Lipinski definition) is 1. The summed E-state index contributed by atoms with van der Waals surface area (Å²) < 4.78 is 0. The molecule has 0 radical (unpaired) electrons. The van der Waals surface area contributed by atoms with E-state index in [9.17, 15) is 0 Å². The molecule has 10 heavy (non-hydrogen) atoms. The van der Waals surface area contributed by atoms with E-state index in [2.05, 4.69) is 24.1 Å². The zero-order valence-corrected chi connectivity index (χ0v) is 7.06. The van der Waals surface area contributed by atoms with Crippen molar-refractivity contribution in [3.8, 4) is 0 Å². The predicted molar refractivity (Wildman–Crippen MR) is 44.2 cm³/mol. The Bertz CT molecular complexity index is 93.3. The maximum Gasteiger partial charge on any atom is 0.0192 e. The predicted octanol–water partition coefficient (Wildman–Crippen LogP) is 0.690. The zero-order valence-electron chi connectivity index (χ0n) is 7.06. The number of hydrogen-bond acceptors (Lipinski definition) is 2. The highest BCUT2D eigenvalue weighted by Gasteiger charge is 2.13. The van der Waals surface area contributed by atoms with Gasteiger partial charge in [-0.05, 0) is 33.0 Å². The van der Waals surface area contributed by atoms with Gasteiger partial charge in [-0.3, -0.25) is 4.90 Å². The van der Waals surface area contributed by atoms with Crippen molar-refractivity contribution in [2.45, 2.75) is 26.3 Å². The van der Waals surface area contributed by atoms with Crippen LogP contribution in [0.15, 0.2) is 0 Å². The Kier molecular flexibility index (Phi) is 3.16. The summed E-state index contributed by atoms with van der Waals surface area (Å²) in [6, 6.07) is 0.729. The first-order chi connectivity index (χ1) is 4.84. The Balaban J connectivity index is 2.35. The maximum absolute atomic E-state index is 3.42. The van der Waals surface area contributed by atoms with Crippen LogP contribution in [0, 0.1) is 0 Å². The fourth-order valence-electron chi connectivity index (χ4n) is 1.54. The van der Waals surface area contributed by atoms with Gasteiger partial charge in [0.15, 0.2) is 0 Å². The molecule has 0 spiro atoms. The smallest absolute Gasteiger partial charge is 0.0192 e. The summed E-state index contributed by atoms with van der Waals surface area (Å²) in [5, 5.41) is 3.42. The van der Waals surface area contributed by atoms with Gasteiger partial charge < -0.3 is 5.32 Å². The summed E-state index contributed by atoms with van der Waals surface area (Å²) in [6.45, 7) is 9.35. The van der Waals surface area contributed by atoms with Crippen molar-refractivity contribution in [3.05, 3.63) is 0 Å². The van der Waals surface area contributed by atoms with Crippen molar-refractivity contribution in [2.24, 2.45) is 0 Å². The number of nitrogens with one attached hydrogen (secondary N) is 1. The van der Waals surface area contributed by atoms with Crippen molar-refractivity contribution < 1.29 is 0 Å². The number of nitrogens with zero attached hydrogens (tertiary/aromatic N) is 1. The van der Waals surface area contributed by atoms with Gasteiger partial charge in [-0.25, -0.2) is 0 Å². The van der Waals surface area contributed by atoms with Crippen molar-refractivity contribution in [1.82, 2.24) is 10.2 Å². The summed E-state index contributed by atoms with van der Waals surface area (Å²) >= 11 is 0. The average molecular weight is 142 g/mol. The van der Waals surface area contributed by atoms with E-state index in [4.69, 9.17) is 0 Å². The van der Waals surface area contributed by atoms with Gasteiger partial charge in [-0.2, -0.15) is 0 Å². The van der Waals surface area contributed by atoms with Crippen LogP contribution in [0.3, 0.4) is 0 Å². The number of rotatable bonds is 1. The first-order valence-corrected chi connectivity index (χ1v) is 4.29. The van der Waals surface area contributed by atoms with Gasteiger partial charge in [-0.15, -0.1) is 0 Å². The molecule has 2 nitrogen and oxygen atoms in total. The second-order valence-corrected chi connectivity index (χ2v) is 3.04. The molecule has 60 valence electrons. The second kappa shape index (κ2) is 3.94. The van der Waals surface area contributed by atoms with Crippen LogP contribution in [0.1, 0.15) is 20.3 Å². The molecule has 0 bridgehead atoms. The highest BCUT2D eigenvalue weighted by atomic mass is 15.2. The van der Waals surface area contributed by atoms with Crippen LogP contribution in [0.4, 0.5) is 0 Å². The number of likely N-dealkylation sites (N-methyl/N-ethyl adjacent to an activating group) is 1. The van der Waals surface area contributed by atoms with Gasteiger partial charge in [0, 0.05) is 12.6 Å². The lowest BCUT2D eigenvalue weighted by molar-refractivity contribution is 0.235. The monoisotopic (exact) mass is 142 g/mol. The Morgan fingerprint density at radius 1 is 1.60 bits per heavy atom. The molecule has 0 aliphatic carbocycles. The molecule has 1 N–H and O–H groups in total. The van der Waals surface area contributed by atoms with Crippen molar-refractivity contribution >= 4 is 0 Å². The quantitative estimate of drug-likeness (QED) is 0.579. The third-order valence-corrected chi connectivity index (χ3v) is 2.27. The lowest BCUT2D eigenvalue weighted by Crippen LogP contribution is -2.36. The molecule has 1 heterocycles. The summed E-state index contributed by atoms with van der Waals surface area (Å²) in [5.41, 5.74) is 0. The first kappa shape index (κ1) is 8.02. The maximum atomic E-state index is 3.42. The van der Waals surface area contributed by atoms with Gasteiger partial charge in [0.2, 0.25) is 0 Å². The Labute approximate surface area is 63.6 Å². The highest BCUT2D eigenvalue weighted by Crippen LogP contribution is 2.01. The topological polar surface area (TPSA) is 15.3 Å². The fourth-order valence-corrected chi connectivity index (χ4v) is 1.54. The minimum Gasteiger partial charge on any atom is -0.315 e. The van der Waals surface area contributed by atoms with Crippen LogP contribution in [0.25, 0.3) is 0 Å². The largest absolute Gasteiger partial charge is 0.315 e. The van der Waals surface area contributed by atoms with E-state index in [1.54, 1.807) is 0 Å². The minimum absolute atomic E-state index is 0.729. The van der Waals surface area contributed by atoms with Gasteiger partial charge >= 0.3 is 0 Å². The van der Waals surface area contributed by atoms with E-state index in [-0.39, 0.29) is 0 Å². The summed E-state index contributed by atoms with van der Waals surface area (Å²) in [4.78, 5) is 2.53. The van der Waals surface area contributed by atoms with Gasteiger partial charge in [0.25, 0.3) is 0 Å². The minimum atomic E-state index is 0.729. The van der Waals surface area contributed by atoms with Gasteiger partial charge in [0.1, 0.15) is 0 Å². The summed E-state index contributed by atoms with van der Waals surface area (Å²) in [7, 11) is 0. The summed E-state index contributed by atoms with van der Waals surface area (Å²) in [5.74, 6) is 0. The molecular formula is C8H18N2. The molecule has 1 saturated heterocycles. The van der Waals surface area contributed by atoms with Gasteiger partial charge in [-0.1, -0.05) is 6.92 Å². The molecule has 1 aliphatic heterocycles. The van der Waals surface area contributed by atoms with Crippen LogP contribution >= 0.6 is 0 Å². The van der Waals surface area contributed by atoms with Crippen LogP contribution < -0.4 is 5.32 Å². The van der Waals surface area contributed by atoms with Crippen LogP contribution in [-0.2, 0) is 0 Å². The molecule has 1 atom stereocenters. The molecule has 0 aromatic rings. The van der Waals surface area contributed by atoms with Gasteiger partial charge in [0.05, 0.1) is 0 Å². The normalized spacial score (nSPS) is 30.0. The molecule has 0 aromatic carbocycles. The lowest BCUT2D eigenvalue weighted by Gasteiger charge is -2.24. The molecule has 0 aromatic heterocycles.